The van der Waals surface area contributed by atoms with E-state index in [0.717, 1.165) is 45.3 Å². The largest absolute Gasteiger partial charge is 0.368 e. The first-order valence-electron chi connectivity index (χ1n) is 6.95. The lowest BCUT2D eigenvalue weighted by Gasteiger charge is -2.47. The number of primary amides is 1. The molecular formula is C13H26N4O. The molecule has 18 heavy (non-hydrogen) atoms. The van der Waals surface area contributed by atoms with Gasteiger partial charge in [0, 0.05) is 31.7 Å². The van der Waals surface area contributed by atoms with Crippen molar-refractivity contribution in [2.24, 2.45) is 11.5 Å². The van der Waals surface area contributed by atoms with Crippen LogP contribution < -0.4 is 11.5 Å². The highest BCUT2D eigenvalue weighted by Gasteiger charge is 2.41. The summed E-state index contributed by atoms with van der Waals surface area (Å²) >= 11 is 0. The summed E-state index contributed by atoms with van der Waals surface area (Å²) in [7, 11) is 2.16. The summed E-state index contributed by atoms with van der Waals surface area (Å²) in [6.07, 6.45) is 3.60. The first-order chi connectivity index (χ1) is 8.42. The predicted octanol–water partition coefficient (Wildman–Crippen LogP) is -0.252. The van der Waals surface area contributed by atoms with Crippen LogP contribution in [-0.2, 0) is 4.79 Å². The van der Waals surface area contributed by atoms with E-state index in [9.17, 15) is 4.79 Å². The second-order valence-corrected chi connectivity index (χ2v) is 6.12. The number of nitrogens with two attached hydrogens (primary N) is 2. The molecule has 3 atom stereocenters. The zero-order valence-electron chi connectivity index (χ0n) is 11.6. The molecular weight excluding hydrogens is 228 g/mol. The van der Waals surface area contributed by atoms with Crippen molar-refractivity contribution in [2.75, 3.05) is 26.7 Å². The molecule has 2 rings (SSSR count). The van der Waals surface area contributed by atoms with E-state index < -0.39 is 5.54 Å². The van der Waals surface area contributed by atoms with Crippen LogP contribution in [0.5, 0.6) is 0 Å². The van der Waals surface area contributed by atoms with Gasteiger partial charge in [-0.05, 0) is 39.7 Å². The Labute approximate surface area is 109 Å². The smallest absolute Gasteiger partial charge is 0.237 e. The summed E-state index contributed by atoms with van der Waals surface area (Å²) < 4.78 is 0. The molecule has 0 aromatic carbocycles. The molecule has 5 nitrogen and oxygen atoms in total. The molecule has 1 amide bonds. The lowest BCUT2D eigenvalue weighted by atomic mass is 9.78. The Balaban J connectivity index is 2.03. The summed E-state index contributed by atoms with van der Waals surface area (Å²) in [4.78, 5) is 16.4. The van der Waals surface area contributed by atoms with Crippen LogP contribution in [0, 0.1) is 0 Å². The molecule has 3 unspecified atom stereocenters. The van der Waals surface area contributed by atoms with Crippen LogP contribution in [0.1, 0.15) is 32.6 Å². The monoisotopic (exact) mass is 254 g/mol. The van der Waals surface area contributed by atoms with Gasteiger partial charge in [0.2, 0.25) is 5.91 Å². The van der Waals surface area contributed by atoms with Gasteiger partial charge in [-0.1, -0.05) is 0 Å². The molecule has 4 N–H and O–H groups in total. The highest BCUT2D eigenvalue weighted by atomic mass is 16.1. The molecule has 0 bridgehead atoms. The second kappa shape index (κ2) is 5.15. The highest BCUT2D eigenvalue weighted by molar-refractivity contribution is 5.84. The fourth-order valence-corrected chi connectivity index (χ4v) is 3.48. The minimum atomic E-state index is -0.786. The zero-order chi connectivity index (χ0) is 13.3. The number of carbonyl (C=O) groups excluding carboxylic acids is 1. The van der Waals surface area contributed by atoms with Crippen LogP contribution >= 0.6 is 0 Å². The summed E-state index contributed by atoms with van der Waals surface area (Å²) in [6.45, 7) is 5.50. The Morgan fingerprint density at radius 2 is 2.11 bits per heavy atom. The van der Waals surface area contributed by atoms with Crippen LogP contribution in [0.15, 0.2) is 0 Å². The molecule has 0 radical (unpaired) electrons. The summed E-state index contributed by atoms with van der Waals surface area (Å²) in [6, 6.07) is 0.948. The molecule has 2 fully saturated rings. The van der Waals surface area contributed by atoms with Crippen molar-refractivity contribution in [3.8, 4) is 0 Å². The fourth-order valence-electron chi connectivity index (χ4n) is 3.48. The lowest BCUT2D eigenvalue weighted by molar-refractivity contribution is -0.125. The topological polar surface area (TPSA) is 75.6 Å². The van der Waals surface area contributed by atoms with Gasteiger partial charge in [0.1, 0.15) is 0 Å². The minimum absolute atomic E-state index is 0.339. The maximum absolute atomic E-state index is 11.5. The number of amides is 1. The lowest BCUT2D eigenvalue weighted by Crippen LogP contribution is -2.61. The second-order valence-electron chi connectivity index (χ2n) is 6.12. The molecule has 1 aliphatic heterocycles. The van der Waals surface area contributed by atoms with E-state index in [2.05, 4.69) is 23.8 Å². The van der Waals surface area contributed by atoms with Gasteiger partial charge in [-0.15, -0.1) is 0 Å². The van der Waals surface area contributed by atoms with Crippen molar-refractivity contribution >= 4 is 5.91 Å². The van der Waals surface area contributed by atoms with E-state index in [1.165, 1.54) is 0 Å². The van der Waals surface area contributed by atoms with E-state index >= 15 is 0 Å². The maximum atomic E-state index is 11.5. The fraction of sp³-hybridized carbons (Fsp3) is 0.923. The Kier molecular flexibility index (Phi) is 3.94. The van der Waals surface area contributed by atoms with Gasteiger partial charge in [-0.2, -0.15) is 0 Å². The Bertz CT molecular complexity index is 322. The van der Waals surface area contributed by atoms with Crippen molar-refractivity contribution in [1.29, 1.82) is 0 Å². The number of nitrogens with zero attached hydrogens (tertiary/aromatic N) is 2. The highest BCUT2D eigenvalue weighted by Crippen LogP contribution is 2.31. The van der Waals surface area contributed by atoms with E-state index in [-0.39, 0.29) is 5.91 Å². The molecule has 5 heteroatoms. The Morgan fingerprint density at radius 1 is 1.39 bits per heavy atom. The quantitative estimate of drug-likeness (QED) is 0.712. The number of hydrogen-bond acceptors (Lipinski definition) is 4. The third-order valence-electron chi connectivity index (χ3n) is 4.60. The normalized spacial score (nSPS) is 39.7. The third-order valence-corrected chi connectivity index (χ3v) is 4.60. The van der Waals surface area contributed by atoms with E-state index in [1.807, 2.05) is 0 Å². The minimum Gasteiger partial charge on any atom is -0.368 e. The average molecular weight is 254 g/mol. The van der Waals surface area contributed by atoms with Crippen molar-refractivity contribution in [2.45, 2.75) is 50.2 Å². The Morgan fingerprint density at radius 3 is 2.72 bits per heavy atom. The maximum Gasteiger partial charge on any atom is 0.237 e. The standard InChI is InChI=1S/C13H26N4O/c1-10-9-16(2)6-7-17(10)11-4-3-5-13(15,8-11)12(14)18/h10-11H,3-9,15H2,1-2H3,(H2,14,18). The molecule has 1 aliphatic carbocycles. The van der Waals surface area contributed by atoms with Crippen LogP contribution in [0.4, 0.5) is 0 Å². The Hall–Kier alpha value is -0.650. The van der Waals surface area contributed by atoms with Gasteiger partial charge in [-0.3, -0.25) is 9.69 Å². The number of rotatable bonds is 2. The van der Waals surface area contributed by atoms with Crippen molar-refractivity contribution in [3.63, 3.8) is 0 Å². The molecule has 1 heterocycles. The predicted molar refractivity (Wildman–Crippen MR) is 72.0 cm³/mol. The molecule has 104 valence electrons. The SMILES string of the molecule is CC1CN(C)CCN1C1CCCC(N)(C(N)=O)C1. The van der Waals surface area contributed by atoms with Gasteiger partial charge < -0.3 is 16.4 Å². The first kappa shape index (κ1) is 13.8. The van der Waals surface area contributed by atoms with Gasteiger partial charge in [0.05, 0.1) is 5.54 Å². The summed E-state index contributed by atoms with van der Waals surface area (Å²) in [5.41, 5.74) is 10.8. The van der Waals surface area contributed by atoms with E-state index in [1.54, 1.807) is 0 Å². The van der Waals surface area contributed by atoms with Crippen molar-refractivity contribution in [3.05, 3.63) is 0 Å². The van der Waals surface area contributed by atoms with Crippen LogP contribution in [0.25, 0.3) is 0 Å². The van der Waals surface area contributed by atoms with Crippen LogP contribution in [0.3, 0.4) is 0 Å². The van der Waals surface area contributed by atoms with Crippen LogP contribution in [0.2, 0.25) is 0 Å². The van der Waals surface area contributed by atoms with Gasteiger partial charge >= 0.3 is 0 Å². The first-order valence-corrected chi connectivity index (χ1v) is 6.95. The summed E-state index contributed by atoms with van der Waals surface area (Å²) in [5, 5.41) is 0. The third kappa shape index (κ3) is 2.68. The average Bonchev–Trinajstić information content (AvgIpc) is 2.28. The number of likely N-dealkylation sites (N-methyl/N-ethyl adjacent to an activating group) is 1. The van der Waals surface area contributed by atoms with E-state index in [0.29, 0.717) is 12.1 Å². The van der Waals surface area contributed by atoms with Gasteiger partial charge in [0.25, 0.3) is 0 Å². The van der Waals surface area contributed by atoms with Crippen molar-refractivity contribution < 1.29 is 4.79 Å². The zero-order valence-corrected chi connectivity index (χ0v) is 11.6. The number of hydrogen-bond donors (Lipinski definition) is 2. The molecule has 1 saturated carbocycles. The van der Waals surface area contributed by atoms with Gasteiger partial charge in [-0.25, -0.2) is 0 Å². The van der Waals surface area contributed by atoms with Gasteiger partial charge in [0.15, 0.2) is 0 Å². The molecule has 0 aromatic heterocycles. The number of carbonyl (C=O) groups is 1. The van der Waals surface area contributed by atoms with Crippen molar-refractivity contribution in [1.82, 2.24) is 9.80 Å². The van der Waals surface area contributed by atoms with Crippen LogP contribution in [-0.4, -0.2) is 60.0 Å². The summed E-state index contributed by atoms with van der Waals surface area (Å²) in [5.74, 6) is -0.339. The van der Waals surface area contributed by atoms with E-state index in [4.69, 9.17) is 11.5 Å². The molecule has 0 spiro atoms. The molecule has 2 aliphatic rings. The molecule has 0 aromatic rings. The number of piperazine rings is 1. The molecule has 1 saturated heterocycles.